The first-order chi connectivity index (χ1) is 7.61. The van der Waals surface area contributed by atoms with Gasteiger partial charge in [0.15, 0.2) is 0 Å². The van der Waals surface area contributed by atoms with Crippen LogP contribution in [0.25, 0.3) is 0 Å². The summed E-state index contributed by atoms with van der Waals surface area (Å²) in [5, 5.41) is 18.5. The smallest absolute Gasteiger partial charge is 0.223 e. The molecule has 2 aliphatic heterocycles. The third kappa shape index (κ3) is 1.92. The molecule has 7 nitrogen and oxygen atoms in total. The van der Waals surface area contributed by atoms with Crippen LogP contribution < -0.4 is 5.73 Å². The van der Waals surface area contributed by atoms with Crippen LogP contribution in [-0.4, -0.2) is 52.5 Å². The quantitative estimate of drug-likeness (QED) is 0.536. The number of rotatable bonds is 2. The molecule has 16 heavy (non-hydrogen) atoms. The van der Waals surface area contributed by atoms with Crippen molar-refractivity contribution in [2.75, 3.05) is 6.61 Å². The highest BCUT2D eigenvalue weighted by atomic mass is 16.5. The summed E-state index contributed by atoms with van der Waals surface area (Å²) < 4.78 is 5.43. The third-order valence-electron chi connectivity index (χ3n) is 2.55. The number of ether oxygens (including phenoxy) is 1. The maximum absolute atomic E-state index is 9.58. The number of hydrogen-bond acceptors (Lipinski definition) is 7. The van der Waals surface area contributed by atoms with Gasteiger partial charge in [0, 0.05) is 6.42 Å². The summed E-state index contributed by atoms with van der Waals surface area (Å²) in [5.74, 6) is 0.543. The summed E-state index contributed by atoms with van der Waals surface area (Å²) >= 11 is 0. The minimum Gasteiger partial charge on any atom is -0.394 e. The molecule has 7 heteroatoms. The van der Waals surface area contributed by atoms with Gasteiger partial charge in [0.2, 0.25) is 5.96 Å². The van der Waals surface area contributed by atoms with Crippen molar-refractivity contribution in [1.82, 2.24) is 4.90 Å². The van der Waals surface area contributed by atoms with Crippen molar-refractivity contribution in [3.63, 3.8) is 0 Å². The average molecular weight is 226 g/mol. The van der Waals surface area contributed by atoms with Crippen molar-refractivity contribution < 1.29 is 14.9 Å². The lowest BCUT2D eigenvalue weighted by molar-refractivity contribution is -0.0501. The third-order valence-corrected chi connectivity index (χ3v) is 2.55. The maximum atomic E-state index is 9.58. The van der Waals surface area contributed by atoms with Crippen LogP contribution in [0.15, 0.2) is 22.4 Å². The normalized spacial score (nSPS) is 34.4. The molecule has 88 valence electrons. The van der Waals surface area contributed by atoms with Crippen LogP contribution in [-0.2, 0) is 4.74 Å². The Morgan fingerprint density at radius 1 is 1.69 bits per heavy atom. The Bertz CT molecular complexity index is 355. The summed E-state index contributed by atoms with van der Waals surface area (Å²) in [6.07, 6.45) is 0.141. The number of aliphatic hydroxyl groups excluding tert-OH is 2. The van der Waals surface area contributed by atoms with Crippen LogP contribution >= 0.6 is 0 Å². The van der Waals surface area contributed by atoms with Gasteiger partial charge in [-0.25, -0.2) is 4.99 Å². The van der Waals surface area contributed by atoms with E-state index in [1.54, 1.807) is 4.90 Å². The molecule has 2 heterocycles. The molecule has 0 aromatic heterocycles. The van der Waals surface area contributed by atoms with Crippen LogP contribution in [0.2, 0.25) is 0 Å². The van der Waals surface area contributed by atoms with E-state index in [9.17, 15) is 5.11 Å². The Hall–Kier alpha value is -1.44. The van der Waals surface area contributed by atoms with Gasteiger partial charge in [0.1, 0.15) is 24.5 Å². The van der Waals surface area contributed by atoms with E-state index in [-0.39, 0.29) is 12.6 Å². The van der Waals surface area contributed by atoms with Crippen molar-refractivity contribution >= 4 is 12.3 Å². The second kappa shape index (κ2) is 4.20. The molecule has 0 spiro atoms. The molecular formula is C9H14N4O3. The van der Waals surface area contributed by atoms with E-state index in [2.05, 4.69) is 16.6 Å². The predicted octanol–water partition coefficient (Wildman–Crippen LogP) is -1.42. The minimum absolute atomic E-state index is 0.138. The first-order valence-corrected chi connectivity index (χ1v) is 4.92. The van der Waals surface area contributed by atoms with E-state index in [1.807, 2.05) is 0 Å². The molecule has 0 saturated carbocycles. The van der Waals surface area contributed by atoms with Crippen LogP contribution in [0, 0.1) is 0 Å². The van der Waals surface area contributed by atoms with E-state index in [0.29, 0.717) is 12.2 Å². The molecule has 0 aliphatic carbocycles. The molecule has 1 saturated heterocycles. The van der Waals surface area contributed by atoms with Gasteiger partial charge in [-0.05, 0) is 0 Å². The van der Waals surface area contributed by atoms with Gasteiger partial charge in [-0.3, -0.25) is 4.90 Å². The van der Waals surface area contributed by atoms with E-state index < -0.39 is 18.4 Å². The summed E-state index contributed by atoms with van der Waals surface area (Å²) in [7, 11) is 0. The first-order valence-electron chi connectivity index (χ1n) is 4.92. The lowest BCUT2D eigenvalue weighted by Gasteiger charge is -2.27. The highest BCUT2D eigenvalue weighted by molar-refractivity contribution is 5.89. The SMILES string of the molecule is C=C1N=C(N)N=CN1C1CC(O)C(CO)O1. The van der Waals surface area contributed by atoms with E-state index in [4.69, 9.17) is 15.6 Å². The van der Waals surface area contributed by atoms with Crippen LogP contribution in [0.4, 0.5) is 0 Å². The molecule has 4 N–H and O–H groups in total. The number of aliphatic hydroxyl groups is 2. The molecular weight excluding hydrogens is 212 g/mol. The molecule has 0 aromatic rings. The number of aliphatic imine (C=N–C) groups is 2. The number of nitrogens with zero attached hydrogens (tertiary/aromatic N) is 3. The fourth-order valence-electron chi connectivity index (χ4n) is 1.70. The zero-order chi connectivity index (χ0) is 11.7. The lowest BCUT2D eigenvalue weighted by atomic mass is 10.2. The second-order valence-corrected chi connectivity index (χ2v) is 3.65. The Morgan fingerprint density at radius 3 is 3.00 bits per heavy atom. The van der Waals surface area contributed by atoms with Gasteiger partial charge in [0.05, 0.1) is 12.7 Å². The van der Waals surface area contributed by atoms with Crippen LogP contribution in [0.3, 0.4) is 0 Å². The first kappa shape index (κ1) is 11.1. The Balaban J connectivity index is 2.06. The largest absolute Gasteiger partial charge is 0.394 e. The van der Waals surface area contributed by atoms with Crippen molar-refractivity contribution in [3.8, 4) is 0 Å². The predicted molar refractivity (Wildman–Crippen MR) is 57.5 cm³/mol. The zero-order valence-electron chi connectivity index (χ0n) is 8.65. The fourth-order valence-corrected chi connectivity index (χ4v) is 1.70. The lowest BCUT2D eigenvalue weighted by Crippen LogP contribution is -2.36. The highest BCUT2D eigenvalue weighted by Gasteiger charge is 2.37. The van der Waals surface area contributed by atoms with Gasteiger partial charge in [-0.2, -0.15) is 4.99 Å². The Morgan fingerprint density at radius 2 is 2.44 bits per heavy atom. The molecule has 2 aliphatic rings. The monoisotopic (exact) mass is 226 g/mol. The van der Waals surface area contributed by atoms with Gasteiger partial charge < -0.3 is 20.7 Å². The van der Waals surface area contributed by atoms with Gasteiger partial charge in [-0.1, -0.05) is 6.58 Å². The molecule has 0 radical (unpaired) electrons. The van der Waals surface area contributed by atoms with Gasteiger partial charge in [0.25, 0.3) is 0 Å². The van der Waals surface area contributed by atoms with Crippen molar-refractivity contribution in [2.45, 2.75) is 24.9 Å². The number of guanidine groups is 1. The number of nitrogens with two attached hydrogens (primary N) is 1. The van der Waals surface area contributed by atoms with Crippen molar-refractivity contribution in [1.29, 1.82) is 0 Å². The van der Waals surface area contributed by atoms with E-state index in [1.165, 1.54) is 6.34 Å². The minimum atomic E-state index is -0.695. The summed E-state index contributed by atoms with van der Waals surface area (Å²) in [5.41, 5.74) is 5.40. The molecule has 0 bridgehead atoms. The topological polar surface area (TPSA) is 104 Å². The molecule has 0 aromatic carbocycles. The summed E-state index contributed by atoms with van der Waals surface area (Å²) in [6, 6.07) is 0. The summed E-state index contributed by atoms with van der Waals surface area (Å²) in [6.45, 7) is 3.49. The van der Waals surface area contributed by atoms with Gasteiger partial charge >= 0.3 is 0 Å². The zero-order valence-corrected chi connectivity index (χ0v) is 8.65. The van der Waals surface area contributed by atoms with Crippen molar-refractivity contribution in [3.05, 3.63) is 12.4 Å². The van der Waals surface area contributed by atoms with Crippen LogP contribution in [0.1, 0.15) is 6.42 Å². The number of hydrogen-bond donors (Lipinski definition) is 3. The van der Waals surface area contributed by atoms with Crippen LogP contribution in [0.5, 0.6) is 0 Å². The van der Waals surface area contributed by atoms with E-state index >= 15 is 0 Å². The second-order valence-electron chi connectivity index (χ2n) is 3.65. The molecule has 3 unspecified atom stereocenters. The fraction of sp³-hybridized carbons (Fsp3) is 0.556. The van der Waals surface area contributed by atoms with Gasteiger partial charge in [-0.15, -0.1) is 0 Å². The standard InChI is InChI=1S/C9H14N4O3/c1-5-12-9(10)11-4-13(5)8-2-6(15)7(3-14)16-8/h4,6-8,14-15H,1-3H2,(H2,10,12). The molecule has 2 rings (SSSR count). The Kier molecular flexibility index (Phi) is 2.90. The molecule has 1 fully saturated rings. The van der Waals surface area contributed by atoms with E-state index in [0.717, 1.165) is 0 Å². The average Bonchev–Trinajstić information content (AvgIpc) is 2.59. The maximum Gasteiger partial charge on any atom is 0.223 e. The van der Waals surface area contributed by atoms with Crippen molar-refractivity contribution in [2.24, 2.45) is 15.7 Å². The highest BCUT2D eigenvalue weighted by Crippen LogP contribution is 2.25. The molecule has 3 atom stereocenters. The Labute approximate surface area is 92.5 Å². The summed E-state index contributed by atoms with van der Waals surface area (Å²) in [4.78, 5) is 9.29. The molecule has 0 amide bonds.